The second kappa shape index (κ2) is 8.23. The number of amides is 3. The van der Waals surface area contributed by atoms with Crippen molar-refractivity contribution in [2.45, 2.75) is 52.1 Å². The van der Waals surface area contributed by atoms with Gasteiger partial charge in [-0.1, -0.05) is 17.2 Å². The lowest BCUT2D eigenvalue weighted by Crippen LogP contribution is -2.43. The van der Waals surface area contributed by atoms with Gasteiger partial charge in [-0.15, -0.1) is 0 Å². The molecule has 3 rings (SSSR count). The second-order valence-corrected chi connectivity index (χ2v) is 8.39. The molecule has 1 aromatic rings. The Bertz CT molecular complexity index is 794. The summed E-state index contributed by atoms with van der Waals surface area (Å²) in [5.74, 6) is -1.78. The summed E-state index contributed by atoms with van der Waals surface area (Å²) in [4.78, 5) is 55.7. The molecule has 156 valence electrons. The summed E-state index contributed by atoms with van der Waals surface area (Å²) < 4.78 is 5.41. The topological polar surface area (TPSA) is 93.2 Å². The molecule has 0 bridgehead atoms. The molecule has 2 heterocycles. The average Bonchev–Trinajstić information content (AvgIpc) is 2.90. The maximum atomic E-state index is 12.3. The molecule has 0 spiro atoms. The number of imide groups is 1. The van der Waals surface area contributed by atoms with Crippen LogP contribution in [0.4, 0.5) is 4.79 Å². The van der Waals surface area contributed by atoms with Gasteiger partial charge in [0.2, 0.25) is 0 Å². The molecule has 0 saturated carbocycles. The quantitative estimate of drug-likeness (QED) is 0.718. The number of rotatable bonds is 4. The molecule has 2 aliphatic heterocycles. The number of benzene rings is 1. The zero-order valence-electron chi connectivity index (χ0n) is 17.0. The summed E-state index contributed by atoms with van der Waals surface area (Å²) in [6.07, 6.45) is 1.93. The van der Waals surface area contributed by atoms with Gasteiger partial charge in [0.15, 0.2) is 0 Å². The lowest BCUT2D eigenvalue weighted by atomic mass is 9.94. The zero-order valence-corrected chi connectivity index (χ0v) is 17.0. The van der Waals surface area contributed by atoms with Gasteiger partial charge in [-0.3, -0.25) is 9.59 Å². The highest BCUT2D eigenvalue weighted by Crippen LogP contribution is 2.25. The Labute approximate surface area is 169 Å². The highest BCUT2D eigenvalue weighted by atomic mass is 16.7. The Kier molecular flexibility index (Phi) is 5.91. The van der Waals surface area contributed by atoms with Crippen molar-refractivity contribution in [2.75, 3.05) is 13.1 Å². The number of hydrogen-bond donors (Lipinski definition) is 0. The fourth-order valence-electron chi connectivity index (χ4n) is 3.51. The van der Waals surface area contributed by atoms with Gasteiger partial charge < -0.3 is 14.5 Å². The van der Waals surface area contributed by atoms with Crippen LogP contribution < -0.4 is 0 Å². The molecule has 0 aliphatic carbocycles. The number of ether oxygens (including phenoxy) is 1. The number of fused-ring (bicyclic) bond motifs is 1. The third kappa shape index (κ3) is 4.93. The van der Waals surface area contributed by atoms with Crippen LogP contribution in [0.1, 0.15) is 67.2 Å². The van der Waals surface area contributed by atoms with E-state index < -0.39 is 23.4 Å². The Hall–Kier alpha value is -2.90. The van der Waals surface area contributed by atoms with E-state index in [1.165, 1.54) is 12.1 Å². The summed E-state index contributed by atoms with van der Waals surface area (Å²) in [6, 6.07) is 6.34. The second-order valence-electron chi connectivity index (χ2n) is 8.39. The number of hydroxylamine groups is 2. The first-order chi connectivity index (χ1) is 13.7. The molecule has 2 aliphatic rings. The maximum Gasteiger partial charge on any atom is 0.410 e. The number of carbonyl (C=O) groups excluding carboxylic acids is 4. The minimum atomic E-state index is -0.645. The first-order valence-corrected chi connectivity index (χ1v) is 9.82. The largest absolute Gasteiger partial charge is 0.444 e. The van der Waals surface area contributed by atoms with E-state index in [4.69, 9.17) is 9.57 Å². The summed E-state index contributed by atoms with van der Waals surface area (Å²) in [5, 5.41) is 0.529. The molecule has 0 aromatic heterocycles. The molecule has 8 heteroatoms. The Balaban J connectivity index is 1.49. The number of piperidine rings is 1. The number of nitrogens with zero attached hydrogens (tertiary/aromatic N) is 2. The van der Waals surface area contributed by atoms with E-state index in [0.717, 1.165) is 12.8 Å². The highest BCUT2D eigenvalue weighted by molar-refractivity contribution is 6.20. The van der Waals surface area contributed by atoms with Gasteiger partial charge in [-0.05, 0) is 58.1 Å². The van der Waals surface area contributed by atoms with Crippen molar-refractivity contribution in [3.05, 3.63) is 35.4 Å². The van der Waals surface area contributed by atoms with Crippen LogP contribution in [0.15, 0.2) is 24.3 Å². The van der Waals surface area contributed by atoms with Gasteiger partial charge in [0, 0.05) is 19.5 Å². The van der Waals surface area contributed by atoms with Crippen LogP contribution in [-0.4, -0.2) is 52.5 Å². The Morgan fingerprint density at radius 1 is 1.10 bits per heavy atom. The fraction of sp³-hybridized carbons (Fsp3) is 0.524. The van der Waals surface area contributed by atoms with Crippen LogP contribution >= 0.6 is 0 Å². The highest BCUT2D eigenvalue weighted by Gasteiger charge is 2.38. The van der Waals surface area contributed by atoms with Crippen LogP contribution in [0.2, 0.25) is 0 Å². The summed E-state index contributed by atoms with van der Waals surface area (Å²) >= 11 is 0. The molecule has 29 heavy (non-hydrogen) atoms. The standard InChI is InChI=1S/C21H26N2O6/c1-21(2,3)28-20(27)22-12-6-7-14(13-22)10-11-17(24)29-23-18(25)15-8-4-5-9-16(15)19(23)26/h4-5,8-9,14H,6-7,10-13H2,1-3H3. The monoisotopic (exact) mass is 402 g/mol. The van der Waals surface area contributed by atoms with Crippen molar-refractivity contribution in [3.8, 4) is 0 Å². The smallest absolute Gasteiger partial charge is 0.410 e. The summed E-state index contributed by atoms with van der Waals surface area (Å²) in [6.45, 7) is 6.60. The molecule has 1 fully saturated rings. The van der Waals surface area contributed by atoms with Gasteiger partial charge in [0.1, 0.15) is 5.60 Å². The lowest BCUT2D eigenvalue weighted by molar-refractivity contribution is -0.168. The number of likely N-dealkylation sites (tertiary alicyclic amines) is 1. The SMILES string of the molecule is CC(C)(C)OC(=O)N1CCCC(CCC(=O)ON2C(=O)c3ccccc3C2=O)C1. The van der Waals surface area contributed by atoms with Crippen LogP contribution in [0.5, 0.6) is 0 Å². The molecule has 0 radical (unpaired) electrons. The Morgan fingerprint density at radius 3 is 2.31 bits per heavy atom. The molecule has 1 aromatic carbocycles. The normalized spacial score (nSPS) is 19.2. The van der Waals surface area contributed by atoms with Crippen LogP contribution in [0.3, 0.4) is 0 Å². The average molecular weight is 402 g/mol. The molecule has 1 atom stereocenters. The molecule has 1 unspecified atom stereocenters. The zero-order chi connectivity index (χ0) is 21.2. The van der Waals surface area contributed by atoms with Crippen LogP contribution in [-0.2, 0) is 14.4 Å². The molecular formula is C21H26N2O6. The summed E-state index contributed by atoms with van der Waals surface area (Å²) in [7, 11) is 0. The van der Waals surface area contributed by atoms with Crippen LogP contribution in [0.25, 0.3) is 0 Å². The van der Waals surface area contributed by atoms with E-state index in [1.54, 1.807) is 17.0 Å². The third-order valence-electron chi connectivity index (χ3n) is 4.88. The minimum Gasteiger partial charge on any atom is -0.444 e. The molecule has 8 nitrogen and oxygen atoms in total. The summed E-state index contributed by atoms with van der Waals surface area (Å²) in [5.41, 5.74) is -0.101. The van der Waals surface area contributed by atoms with E-state index in [9.17, 15) is 19.2 Å². The van der Waals surface area contributed by atoms with E-state index >= 15 is 0 Å². The minimum absolute atomic E-state index is 0.0558. The van der Waals surface area contributed by atoms with E-state index in [2.05, 4.69) is 0 Å². The van der Waals surface area contributed by atoms with Crippen molar-refractivity contribution in [3.63, 3.8) is 0 Å². The van der Waals surface area contributed by atoms with Gasteiger partial charge in [-0.25, -0.2) is 9.59 Å². The first-order valence-electron chi connectivity index (χ1n) is 9.82. The predicted octanol–water partition coefficient (Wildman–Crippen LogP) is 3.17. The van der Waals surface area contributed by atoms with Crippen LogP contribution in [0, 0.1) is 5.92 Å². The van der Waals surface area contributed by atoms with Crippen molar-refractivity contribution in [1.82, 2.24) is 9.96 Å². The predicted molar refractivity (Wildman–Crippen MR) is 103 cm³/mol. The molecule has 0 N–H and O–H groups in total. The van der Waals surface area contributed by atoms with Gasteiger partial charge in [0.05, 0.1) is 11.1 Å². The lowest BCUT2D eigenvalue weighted by Gasteiger charge is -2.34. The van der Waals surface area contributed by atoms with Gasteiger partial charge in [0.25, 0.3) is 11.8 Å². The van der Waals surface area contributed by atoms with Crippen molar-refractivity contribution >= 4 is 23.9 Å². The molecule has 3 amide bonds. The van der Waals surface area contributed by atoms with Crippen molar-refractivity contribution in [2.24, 2.45) is 5.92 Å². The van der Waals surface area contributed by atoms with E-state index in [1.807, 2.05) is 20.8 Å². The van der Waals surface area contributed by atoms with E-state index in [0.29, 0.717) is 24.6 Å². The third-order valence-corrected chi connectivity index (χ3v) is 4.88. The fourth-order valence-corrected chi connectivity index (χ4v) is 3.51. The Morgan fingerprint density at radius 2 is 1.72 bits per heavy atom. The van der Waals surface area contributed by atoms with Crippen molar-refractivity contribution < 1.29 is 28.8 Å². The maximum absolute atomic E-state index is 12.3. The van der Waals surface area contributed by atoms with Gasteiger partial charge >= 0.3 is 12.1 Å². The number of carbonyl (C=O) groups is 4. The van der Waals surface area contributed by atoms with Crippen molar-refractivity contribution in [1.29, 1.82) is 0 Å². The van der Waals surface area contributed by atoms with Gasteiger partial charge in [-0.2, -0.15) is 0 Å². The molecular weight excluding hydrogens is 376 g/mol. The number of hydrogen-bond acceptors (Lipinski definition) is 6. The van der Waals surface area contributed by atoms with E-state index in [-0.39, 0.29) is 29.6 Å². The molecule has 1 saturated heterocycles. The first kappa shape index (κ1) is 20.8.